The lowest BCUT2D eigenvalue weighted by Crippen LogP contribution is -2.33. The summed E-state index contributed by atoms with van der Waals surface area (Å²) in [5, 5.41) is 0.0675. The van der Waals surface area contributed by atoms with Crippen molar-refractivity contribution in [2.24, 2.45) is 5.73 Å². The zero-order valence-electron chi connectivity index (χ0n) is 9.56. The molecule has 4 nitrogen and oxygen atoms in total. The summed E-state index contributed by atoms with van der Waals surface area (Å²) in [7, 11) is -3.32. The Hall–Kier alpha value is -0.780. The first kappa shape index (κ1) is 12.7. The van der Waals surface area contributed by atoms with Gasteiger partial charge in [0.25, 0.3) is 0 Å². The van der Waals surface area contributed by atoms with Crippen molar-refractivity contribution in [1.29, 1.82) is 0 Å². The highest BCUT2D eigenvalue weighted by Gasteiger charge is 2.38. The number of nitrogens with zero attached hydrogens (tertiary/aromatic N) is 1. The van der Waals surface area contributed by atoms with E-state index in [4.69, 9.17) is 17.3 Å². The van der Waals surface area contributed by atoms with Crippen LogP contribution in [0.4, 0.5) is 5.69 Å². The van der Waals surface area contributed by atoms with E-state index < -0.39 is 15.3 Å². The van der Waals surface area contributed by atoms with E-state index in [2.05, 4.69) is 0 Å². The fraction of sp³-hybridized carbons (Fsp3) is 0.455. The molecule has 0 saturated carbocycles. The average molecular weight is 275 g/mol. The largest absolute Gasteiger partial charge is 0.329 e. The molecule has 0 radical (unpaired) electrons. The number of rotatable bonds is 2. The van der Waals surface area contributed by atoms with Crippen molar-refractivity contribution in [3.8, 4) is 0 Å². The molecule has 1 aliphatic heterocycles. The maximum atomic E-state index is 12.2. The lowest BCUT2D eigenvalue weighted by molar-refractivity contribution is 0.588. The van der Waals surface area contributed by atoms with Gasteiger partial charge in [0.15, 0.2) is 0 Å². The molecule has 2 rings (SSSR count). The van der Waals surface area contributed by atoms with Crippen LogP contribution in [0.15, 0.2) is 18.2 Å². The number of anilines is 1. The summed E-state index contributed by atoms with van der Waals surface area (Å²) in [5.41, 5.74) is 7.05. The van der Waals surface area contributed by atoms with Crippen LogP contribution in [0.2, 0.25) is 5.02 Å². The topological polar surface area (TPSA) is 63.4 Å². The molecule has 94 valence electrons. The van der Waals surface area contributed by atoms with Gasteiger partial charge in [-0.15, -0.1) is 0 Å². The van der Waals surface area contributed by atoms with Crippen LogP contribution >= 0.6 is 11.6 Å². The molecule has 0 aliphatic carbocycles. The molecule has 0 aromatic heterocycles. The molecule has 1 heterocycles. The van der Waals surface area contributed by atoms with E-state index in [9.17, 15) is 8.42 Å². The number of benzene rings is 1. The van der Waals surface area contributed by atoms with E-state index in [1.165, 1.54) is 4.31 Å². The third-order valence-corrected chi connectivity index (χ3v) is 5.58. The third kappa shape index (κ3) is 2.14. The normalized spacial score (nSPS) is 23.0. The van der Waals surface area contributed by atoms with E-state index in [1.54, 1.807) is 12.1 Å². The Morgan fingerprint density at radius 2 is 2.24 bits per heavy atom. The average Bonchev–Trinajstić information content (AvgIpc) is 2.57. The van der Waals surface area contributed by atoms with Gasteiger partial charge in [-0.1, -0.05) is 17.7 Å². The van der Waals surface area contributed by atoms with Gasteiger partial charge in [0, 0.05) is 18.1 Å². The van der Waals surface area contributed by atoms with Gasteiger partial charge in [-0.05, 0) is 31.0 Å². The van der Waals surface area contributed by atoms with E-state index in [0.29, 0.717) is 23.7 Å². The van der Waals surface area contributed by atoms with Crippen molar-refractivity contribution in [3.63, 3.8) is 0 Å². The van der Waals surface area contributed by atoms with Crippen LogP contribution in [-0.2, 0) is 10.0 Å². The number of hydrogen-bond donors (Lipinski definition) is 1. The highest BCUT2D eigenvalue weighted by Crippen LogP contribution is 2.32. The molecule has 1 aromatic rings. The highest BCUT2D eigenvalue weighted by atomic mass is 35.5. The summed E-state index contributed by atoms with van der Waals surface area (Å²) in [6.07, 6.45) is 0.574. The second-order valence-corrected chi connectivity index (χ2v) is 6.77. The molecule has 2 N–H and O–H groups in total. The Kier molecular flexibility index (Phi) is 3.34. The molecule has 1 unspecified atom stereocenters. The van der Waals surface area contributed by atoms with Gasteiger partial charge < -0.3 is 5.73 Å². The number of aryl methyl sites for hydroxylation is 1. The van der Waals surface area contributed by atoms with E-state index >= 15 is 0 Å². The Labute approximate surface area is 106 Å². The predicted octanol–water partition coefficient (Wildman–Crippen LogP) is 1.52. The monoisotopic (exact) mass is 274 g/mol. The molecule has 6 heteroatoms. The number of hydrogen-bond acceptors (Lipinski definition) is 3. The smallest absolute Gasteiger partial charge is 0.239 e. The fourth-order valence-electron chi connectivity index (χ4n) is 2.07. The van der Waals surface area contributed by atoms with Gasteiger partial charge >= 0.3 is 0 Å². The molecule has 1 aliphatic rings. The van der Waals surface area contributed by atoms with Crippen molar-refractivity contribution >= 4 is 27.3 Å². The van der Waals surface area contributed by atoms with Crippen LogP contribution in [0.1, 0.15) is 12.0 Å². The number of sulfonamides is 1. The van der Waals surface area contributed by atoms with E-state index in [-0.39, 0.29) is 6.54 Å². The summed E-state index contributed by atoms with van der Waals surface area (Å²) < 4.78 is 25.8. The SMILES string of the molecule is Cc1ccc(Cl)cc1N1CCC(CN)S1(=O)=O. The van der Waals surface area contributed by atoms with Gasteiger partial charge in [0.2, 0.25) is 10.0 Å². The minimum atomic E-state index is -3.32. The fourth-order valence-corrected chi connectivity index (χ4v) is 4.07. The predicted molar refractivity (Wildman–Crippen MR) is 69.9 cm³/mol. The summed E-state index contributed by atoms with van der Waals surface area (Å²) in [5.74, 6) is 0. The van der Waals surface area contributed by atoms with Crippen molar-refractivity contribution in [2.45, 2.75) is 18.6 Å². The van der Waals surface area contributed by atoms with Gasteiger partial charge in [-0.3, -0.25) is 4.31 Å². The molecule has 0 bridgehead atoms. The summed E-state index contributed by atoms with van der Waals surface area (Å²) in [6, 6.07) is 5.26. The van der Waals surface area contributed by atoms with Crippen LogP contribution in [0, 0.1) is 6.92 Å². The Bertz CT molecular complexity index is 530. The zero-order valence-corrected chi connectivity index (χ0v) is 11.1. The third-order valence-electron chi connectivity index (χ3n) is 3.09. The van der Waals surface area contributed by atoms with Crippen LogP contribution in [0.3, 0.4) is 0 Å². The minimum absolute atomic E-state index is 0.165. The molecule has 17 heavy (non-hydrogen) atoms. The standard InChI is InChI=1S/C11H15ClN2O2S/c1-8-2-3-9(12)6-11(8)14-5-4-10(7-13)17(14,15)16/h2-3,6,10H,4-5,7,13H2,1H3. The Morgan fingerprint density at radius 3 is 2.82 bits per heavy atom. The van der Waals surface area contributed by atoms with Gasteiger partial charge in [-0.2, -0.15) is 0 Å². The first-order valence-corrected chi connectivity index (χ1v) is 7.32. The second kappa shape index (κ2) is 4.48. The molecule has 1 saturated heterocycles. The maximum absolute atomic E-state index is 12.2. The molecule has 0 amide bonds. The first-order valence-electron chi connectivity index (χ1n) is 5.44. The lowest BCUT2D eigenvalue weighted by Gasteiger charge is -2.20. The lowest BCUT2D eigenvalue weighted by atomic mass is 10.2. The zero-order chi connectivity index (χ0) is 12.6. The van der Waals surface area contributed by atoms with Crippen LogP contribution in [0.5, 0.6) is 0 Å². The number of nitrogens with two attached hydrogens (primary N) is 1. The van der Waals surface area contributed by atoms with Crippen LogP contribution in [-0.4, -0.2) is 26.8 Å². The maximum Gasteiger partial charge on any atom is 0.239 e. The van der Waals surface area contributed by atoms with E-state index in [1.807, 2.05) is 13.0 Å². The van der Waals surface area contributed by atoms with Crippen LogP contribution < -0.4 is 10.0 Å². The first-order chi connectivity index (χ1) is 7.96. The molecule has 1 aromatic carbocycles. The van der Waals surface area contributed by atoms with E-state index in [0.717, 1.165) is 5.56 Å². The van der Waals surface area contributed by atoms with Crippen molar-refractivity contribution in [3.05, 3.63) is 28.8 Å². The van der Waals surface area contributed by atoms with Crippen molar-refractivity contribution in [1.82, 2.24) is 0 Å². The molecule has 1 atom stereocenters. The summed E-state index contributed by atoms with van der Waals surface area (Å²) in [6.45, 7) is 2.51. The van der Waals surface area contributed by atoms with Crippen molar-refractivity contribution < 1.29 is 8.42 Å². The quantitative estimate of drug-likeness (QED) is 0.889. The Morgan fingerprint density at radius 1 is 1.53 bits per heavy atom. The van der Waals surface area contributed by atoms with Crippen molar-refractivity contribution in [2.75, 3.05) is 17.4 Å². The molecular weight excluding hydrogens is 260 g/mol. The van der Waals surface area contributed by atoms with Crippen LogP contribution in [0.25, 0.3) is 0 Å². The Balaban J connectivity index is 2.45. The van der Waals surface area contributed by atoms with Gasteiger partial charge in [0.1, 0.15) is 0 Å². The van der Waals surface area contributed by atoms with Gasteiger partial charge in [0.05, 0.1) is 10.9 Å². The highest BCUT2D eigenvalue weighted by molar-refractivity contribution is 7.93. The molecule has 0 spiro atoms. The summed E-state index contributed by atoms with van der Waals surface area (Å²) >= 11 is 5.91. The molecule has 1 fully saturated rings. The number of halogens is 1. The summed E-state index contributed by atoms with van der Waals surface area (Å²) in [4.78, 5) is 0. The molecular formula is C11H15ClN2O2S. The minimum Gasteiger partial charge on any atom is -0.329 e. The van der Waals surface area contributed by atoms with Gasteiger partial charge in [-0.25, -0.2) is 8.42 Å². The second-order valence-electron chi connectivity index (χ2n) is 4.19.